The Balaban J connectivity index is 1.06. The lowest BCUT2D eigenvalue weighted by molar-refractivity contribution is 0.530. The van der Waals surface area contributed by atoms with Crippen molar-refractivity contribution in [2.24, 2.45) is 5.92 Å². The van der Waals surface area contributed by atoms with Crippen molar-refractivity contribution in [2.75, 3.05) is 9.80 Å². The second kappa shape index (κ2) is 13.4. The molecule has 0 fully saturated rings. The van der Waals surface area contributed by atoms with E-state index in [9.17, 15) is 0 Å². The third-order valence-electron chi connectivity index (χ3n) is 12.9. The van der Waals surface area contributed by atoms with E-state index < -0.39 is 0 Å². The molecule has 0 aliphatic heterocycles. The van der Waals surface area contributed by atoms with Crippen molar-refractivity contribution in [1.29, 1.82) is 0 Å². The van der Waals surface area contributed by atoms with Crippen LogP contribution in [0.4, 0.5) is 34.1 Å². The number of fused-ring (bicyclic) bond motifs is 5. The minimum atomic E-state index is -0.0862. The van der Waals surface area contributed by atoms with E-state index in [0.717, 1.165) is 34.9 Å². The standard InChI is InChI=1S/C55H48N2/c1-37-17-14-27-49-48-32-30-45(36-52(48)55(4,5)53(37)49)57(41-22-10-7-11-23-41)43-25-16-19-39(34-43)38-18-15-24-42(33-38)56(40-20-8-6-9-21-40)44-29-31-47-46-26-12-13-28-50(46)54(2,3)51(47)35-44/h6-16,18-37H,17H2,1-5H3. The summed E-state index contributed by atoms with van der Waals surface area (Å²) in [7, 11) is 0. The number of hydrogen-bond acceptors (Lipinski definition) is 2. The number of hydrogen-bond donors (Lipinski definition) is 0. The van der Waals surface area contributed by atoms with Crippen LogP contribution in [0.5, 0.6) is 0 Å². The predicted molar refractivity (Wildman–Crippen MR) is 242 cm³/mol. The highest BCUT2D eigenvalue weighted by Crippen LogP contribution is 2.54. The smallest absolute Gasteiger partial charge is 0.0467 e. The van der Waals surface area contributed by atoms with Crippen LogP contribution in [0.3, 0.4) is 0 Å². The average molecular weight is 737 g/mol. The Morgan fingerprint density at radius 1 is 0.421 bits per heavy atom. The molecule has 2 heteroatoms. The van der Waals surface area contributed by atoms with Crippen LogP contribution in [0, 0.1) is 5.92 Å². The molecule has 0 aromatic heterocycles. The van der Waals surface area contributed by atoms with Crippen LogP contribution < -0.4 is 9.80 Å². The lowest BCUT2D eigenvalue weighted by Crippen LogP contribution is -2.22. The molecule has 0 heterocycles. The van der Waals surface area contributed by atoms with Crippen molar-refractivity contribution < 1.29 is 0 Å². The van der Waals surface area contributed by atoms with Crippen molar-refractivity contribution >= 4 is 39.7 Å². The van der Waals surface area contributed by atoms with Gasteiger partial charge in [-0.1, -0.05) is 144 Å². The van der Waals surface area contributed by atoms with Gasteiger partial charge in [0, 0.05) is 45.0 Å². The van der Waals surface area contributed by atoms with Crippen molar-refractivity contribution in [2.45, 2.75) is 51.9 Å². The molecule has 3 aliphatic rings. The van der Waals surface area contributed by atoms with Crippen molar-refractivity contribution in [3.8, 4) is 22.3 Å². The Bertz CT molecular complexity index is 2730. The summed E-state index contributed by atoms with van der Waals surface area (Å²) in [5.74, 6) is 0.540. The van der Waals surface area contributed by atoms with E-state index >= 15 is 0 Å². The first-order valence-electron chi connectivity index (χ1n) is 20.4. The molecule has 10 rings (SSSR count). The summed E-state index contributed by atoms with van der Waals surface area (Å²) in [4.78, 5) is 4.82. The molecule has 0 saturated carbocycles. The number of nitrogens with zero attached hydrogens (tertiary/aromatic N) is 2. The Morgan fingerprint density at radius 3 is 1.49 bits per heavy atom. The largest absolute Gasteiger partial charge is 0.310 e. The lowest BCUT2D eigenvalue weighted by Gasteiger charge is -2.31. The van der Waals surface area contributed by atoms with Gasteiger partial charge < -0.3 is 9.80 Å². The molecular weight excluding hydrogens is 689 g/mol. The van der Waals surface area contributed by atoms with Gasteiger partial charge in [0.2, 0.25) is 0 Å². The number of allylic oxidation sites excluding steroid dienone is 4. The van der Waals surface area contributed by atoms with E-state index in [2.05, 4.69) is 226 Å². The van der Waals surface area contributed by atoms with Crippen LogP contribution in [0.15, 0.2) is 188 Å². The summed E-state index contributed by atoms with van der Waals surface area (Å²) >= 11 is 0. The SMILES string of the molecule is CC1CC=CC2=C1C(C)(C)c1cc(N(c3ccccc3)c3cccc(-c4cccc(N(c5ccccc5)c5ccc6c(c5)C(C)(C)c5ccccc5-6)c4)c3)ccc12. The third-order valence-corrected chi connectivity index (χ3v) is 12.9. The van der Waals surface area contributed by atoms with Gasteiger partial charge in [0.15, 0.2) is 0 Å². The van der Waals surface area contributed by atoms with E-state index in [-0.39, 0.29) is 10.8 Å². The molecule has 1 atom stereocenters. The molecule has 0 saturated heterocycles. The molecule has 3 aliphatic carbocycles. The zero-order chi connectivity index (χ0) is 38.9. The summed E-state index contributed by atoms with van der Waals surface area (Å²) in [6.45, 7) is 11.9. The van der Waals surface area contributed by atoms with Crippen LogP contribution >= 0.6 is 0 Å². The number of benzene rings is 7. The fourth-order valence-electron chi connectivity index (χ4n) is 10.1. The van der Waals surface area contributed by atoms with E-state index in [0.29, 0.717) is 5.92 Å². The van der Waals surface area contributed by atoms with Crippen LogP contribution in [0.1, 0.15) is 63.3 Å². The topological polar surface area (TPSA) is 6.48 Å². The predicted octanol–water partition coefficient (Wildman–Crippen LogP) is 15.2. The number of rotatable bonds is 7. The first-order valence-corrected chi connectivity index (χ1v) is 20.4. The van der Waals surface area contributed by atoms with Gasteiger partial charge in [-0.05, 0) is 141 Å². The molecule has 57 heavy (non-hydrogen) atoms. The molecular formula is C55H48N2. The summed E-state index contributed by atoms with van der Waals surface area (Å²) < 4.78 is 0. The second-order valence-corrected chi connectivity index (χ2v) is 17.1. The van der Waals surface area contributed by atoms with Gasteiger partial charge >= 0.3 is 0 Å². The maximum absolute atomic E-state index is 2.45. The monoisotopic (exact) mass is 736 g/mol. The fraction of sp³-hybridized carbons (Fsp3) is 0.164. The molecule has 0 radical (unpaired) electrons. The molecule has 0 amide bonds. The van der Waals surface area contributed by atoms with Gasteiger partial charge in [0.05, 0.1) is 0 Å². The first-order chi connectivity index (χ1) is 27.7. The van der Waals surface area contributed by atoms with Gasteiger partial charge in [0.1, 0.15) is 0 Å². The van der Waals surface area contributed by atoms with Gasteiger partial charge in [-0.25, -0.2) is 0 Å². The lowest BCUT2D eigenvalue weighted by atomic mass is 9.74. The molecule has 278 valence electrons. The van der Waals surface area contributed by atoms with Gasteiger partial charge in [0.25, 0.3) is 0 Å². The molecule has 7 aromatic rings. The second-order valence-electron chi connectivity index (χ2n) is 17.1. The molecule has 1 unspecified atom stereocenters. The van der Waals surface area contributed by atoms with Gasteiger partial charge in [-0.3, -0.25) is 0 Å². The number of para-hydroxylation sites is 2. The molecule has 0 bridgehead atoms. The summed E-state index contributed by atoms with van der Waals surface area (Å²) in [5, 5.41) is 0. The highest BCUT2D eigenvalue weighted by molar-refractivity contribution is 5.90. The minimum absolute atomic E-state index is 0.0291. The Hall–Kier alpha value is -6.38. The first kappa shape index (κ1) is 35.1. The molecule has 0 N–H and O–H groups in total. The summed E-state index contributed by atoms with van der Waals surface area (Å²) in [6.07, 6.45) is 5.82. The summed E-state index contributed by atoms with van der Waals surface area (Å²) in [6, 6.07) is 62.6. The van der Waals surface area contributed by atoms with Crippen LogP contribution in [-0.4, -0.2) is 0 Å². The highest BCUT2D eigenvalue weighted by atomic mass is 15.1. The highest BCUT2D eigenvalue weighted by Gasteiger charge is 2.40. The van der Waals surface area contributed by atoms with Crippen molar-refractivity contribution in [3.63, 3.8) is 0 Å². The van der Waals surface area contributed by atoms with E-state index in [1.165, 1.54) is 55.8 Å². The Kier molecular flexibility index (Phi) is 8.23. The molecule has 0 spiro atoms. The zero-order valence-corrected chi connectivity index (χ0v) is 33.5. The zero-order valence-electron chi connectivity index (χ0n) is 33.5. The molecule has 7 aromatic carbocycles. The quantitative estimate of drug-likeness (QED) is 0.161. The van der Waals surface area contributed by atoms with E-state index in [4.69, 9.17) is 0 Å². The van der Waals surface area contributed by atoms with Crippen LogP contribution in [0.2, 0.25) is 0 Å². The third kappa shape index (κ3) is 5.69. The number of anilines is 6. The fourth-order valence-corrected chi connectivity index (χ4v) is 10.1. The average Bonchev–Trinajstić information content (AvgIpc) is 3.61. The van der Waals surface area contributed by atoms with Crippen molar-refractivity contribution in [1.82, 2.24) is 0 Å². The van der Waals surface area contributed by atoms with E-state index in [1.807, 2.05) is 0 Å². The Morgan fingerprint density at radius 2 is 0.895 bits per heavy atom. The molecule has 2 nitrogen and oxygen atoms in total. The van der Waals surface area contributed by atoms with Crippen molar-refractivity contribution in [3.05, 3.63) is 210 Å². The maximum atomic E-state index is 2.45. The van der Waals surface area contributed by atoms with Gasteiger partial charge in [-0.2, -0.15) is 0 Å². The van der Waals surface area contributed by atoms with Crippen LogP contribution in [-0.2, 0) is 10.8 Å². The summed E-state index contributed by atoms with van der Waals surface area (Å²) in [5.41, 5.74) is 20.3. The minimum Gasteiger partial charge on any atom is -0.310 e. The van der Waals surface area contributed by atoms with E-state index in [1.54, 1.807) is 5.57 Å². The maximum Gasteiger partial charge on any atom is 0.0467 e. The Labute approximate surface area is 338 Å². The van der Waals surface area contributed by atoms with Gasteiger partial charge in [-0.15, -0.1) is 0 Å². The normalized spacial score (nSPS) is 16.8. The van der Waals surface area contributed by atoms with Crippen LogP contribution in [0.25, 0.3) is 27.8 Å².